The van der Waals surface area contributed by atoms with Gasteiger partial charge in [-0.15, -0.1) is 22.9 Å². The Kier molecular flexibility index (Phi) is 3.44. The summed E-state index contributed by atoms with van der Waals surface area (Å²) < 4.78 is 13.9. The SMILES string of the molecule is Fc1ccc(Br)c(C(Cl)c2cccs2)c1. The smallest absolute Gasteiger partial charge is 0.123 e. The van der Waals surface area contributed by atoms with Crippen LogP contribution in [0.5, 0.6) is 0 Å². The lowest BCUT2D eigenvalue weighted by Crippen LogP contribution is -1.92. The summed E-state index contributed by atoms with van der Waals surface area (Å²) in [7, 11) is 0. The standard InChI is InChI=1S/C11H7BrClFS/c12-9-4-3-7(14)6-8(9)11(13)10-2-1-5-15-10/h1-6,11H. The van der Waals surface area contributed by atoms with Gasteiger partial charge >= 0.3 is 0 Å². The summed E-state index contributed by atoms with van der Waals surface area (Å²) >= 11 is 11.2. The third kappa shape index (κ3) is 2.41. The van der Waals surface area contributed by atoms with Crippen molar-refractivity contribution in [1.82, 2.24) is 0 Å². The van der Waals surface area contributed by atoms with Crippen LogP contribution in [0.1, 0.15) is 15.8 Å². The van der Waals surface area contributed by atoms with Crippen LogP contribution in [0, 0.1) is 5.82 Å². The average Bonchev–Trinajstić information content (AvgIpc) is 2.74. The summed E-state index contributed by atoms with van der Waals surface area (Å²) in [5, 5.41) is 1.66. The Bertz CT molecular complexity index is 456. The van der Waals surface area contributed by atoms with Gasteiger partial charge in [-0.1, -0.05) is 22.0 Å². The van der Waals surface area contributed by atoms with E-state index in [0.717, 1.165) is 14.9 Å². The van der Waals surface area contributed by atoms with Crippen molar-refractivity contribution in [2.24, 2.45) is 0 Å². The van der Waals surface area contributed by atoms with E-state index in [1.165, 1.54) is 12.1 Å². The van der Waals surface area contributed by atoms with E-state index in [9.17, 15) is 4.39 Å². The highest BCUT2D eigenvalue weighted by Gasteiger charge is 2.15. The van der Waals surface area contributed by atoms with Gasteiger partial charge in [-0.2, -0.15) is 0 Å². The van der Waals surface area contributed by atoms with Crippen molar-refractivity contribution in [3.63, 3.8) is 0 Å². The Morgan fingerprint density at radius 1 is 1.33 bits per heavy atom. The number of hydrogen-bond donors (Lipinski definition) is 0. The van der Waals surface area contributed by atoms with Gasteiger partial charge in [-0.05, 0) is 35.2 Å². The molecule has 0 saturated heterocycles. The van der Waals surface area contributed by atoms with Crippen molar-refractivity contribution in [1.29, 1.82) is 0 Å². The van der Waals surface area contributed by atoms with Crippen LogP contribution in [0.2, 0.25) is 0 Å². The topological polar surface area (TPSA) is 0 Å². The predicted octanol–water partition coefficient (Wildman–Crippen LogP) is 4.98. The van der Waals surface area contributed by atoms with Crippen LogP contribution in [0.4, 0.5) is 4.39 Å². The van der Waals surface area contributed by atoms with Gasteiger partial charge in [0.05, 0.1) is 5.38 Å². The number of thiophene rings is 1. The molecule has 0 aliphatic rings. The Morgan fingerprint density at radius 2 is 2.13 bits per heavy atom. The predicted molar refractivity (Wildman–Crippen MR) is 66.1 cm³/mol. The second-order valence-electron chi connectivity index (χ2n) is 3.04. The first kappa shape index (κ1) is 11.1. The molecule has 1 heterocycles. The zero-order chi connectivity index (χ0) is 10.8. The summed E-state index contributed by atoms with van der Waals surface area (Å²) in [5.41, 5.74) is 0.763. The molecule has 0 N–H and O–H groups in total. The highest BCUT2D eigenvalue weighted by Crippen LogP contribution is 2.36. The second-order valence-corrected chi connectivity index (χ2v) is 5.31. The molecule has 0 spiro atoms. The molecule has 1 aromatic carbocycles. The normalized spacial score (nSPS) is 12.7. The largest absolute Gasteiger partial charge is 0.207 e. The zero-order valence-corrected chi connectivity index (χ0v) is 10.7. The van der Waals surface area contributed by atoms with Gasteiger partial charge in [-0.3, -0.25) is 0 Å². The number of alkyl halides is 1. The molecular formula is C11H7BrClFS. The van der Waals surface area contributed by atoms with Crippen LogP contribution < -0.4 is 0 Å². The average molecular weight is 306 g/mol. The lowest BCUT2D eigenvalue weighted by Gasteiger charge is -2.09. The second kappa shape index (κ2) is 4.64. The number of halogens is 3. The maximum absolute atomic E-state index is 13.1. The number of benzene rings is 1. The lowest BCUT2D eigenvalue weighted by atomic mass is 10.1. The van der Waals surface area contributed by atoms with Crippen LogP contribution in [0.25, 0.3) is 0 Å². The first-order chi connectivity index (χ1) is 7.18. The Hall–Kier alpha value is -0.380. The molecule has 2 aromatic rings. The first-order valence-electron chi connectivity index (χ1n) is 4.31. The quantitative estimate of drug-likeness (QED) is 0.687. The fourth-order valence-corrected chi connectivity index (χ4v) is 3.03. The maximum Gasteiger partial charge on any atom is 0.123 e. The first-order valence-corrected chi connectivity index (χ1v) is 6.42. The van der Waals surface area contributed by atoms with Crippen LogP contribution in [-0.4, -0.2) is 0 Å². The van der Waals surface area contributed by atoms with Crippen molar-refractivity contribution in [2.45, 2.75) is 5.38 Å². The zero-order valence-electron chi connectivity index (χ0n) is 7.58. The monoisotopic (exact) mass is 304 g/mol. The van der Waals surface area contributed by atoms with Gasteiger partial charge in [0, 0.05) is 9.35 Å². The minimum absolute atomic E-state index is 0.268. The molecule has 1 unspecified atom stereocenters. The molecule has 0 aliphatic heterocycles. The molecule has 0 fully saturated rings. The van der Waals surface area contributed by atoms with Crippen molar-refractivity contribution in [2.75, 3.05) is 0 Å². The van der Waals surface area contributed by atoms with Crippen molar-refractivity contribution in [3.8, 4) is 0 Å². The summed E-state index contributed by atoms with van der Waals surface area (Å²) in [5.74, 6) is -0.268. The Morgan fingerprint density at radius 3 is 2.80 bits per heavy atom. The highest BCUT2D eigenvalue weighted by atomic mass is 79.9. The van der Waals surface area contributed by atoms with Crippen molar-refractivity contribution < 1.29 is 4.39 Å². The molecule has 4 heteroatoms. The van der Waals surface area contributed by atoms with Crippen molar-refractivity contribution >= 4 is 38.9 Å². The van der Waals surface area contributed by atoms with Gasteiger partial charge in [-0.25, -0.2) is 4.39 Å². The molecule has 15 heavy (non-hydrogen) atoms. The molecule has 0 aliphatic carbocycles. The van der Waals surface area contributed by atoms with Crippen LogP contribution in [0.3, 0.4) is 0 Å². The lowest BCUT2D eigenvalue weighted by molar-refractivity contribution is 0.625. The van der Waals surface area contributed by atoms with Gasteiger partial charge in [0.1, 0.15) is 5.82 Å². The van der Waals surface area contributed by atoms with E-state index in [4.69, 9.17) is 11.6 Å². The number of rotatable bonds is 2. The molecule has 0 amide bonds. The third-order valence-electron chi connectivity index (χ3n) is 2.02. The number of hydrogen-bond acceptors (Lipinski definition) is 1. The fourth-order valence-electron chi connectivity index (χ4n) is 1.30. The van der Waals surface area contributed by atoms with E-state index in [1.54, 1.807) is 17.4 Å². The van der Waals surface area contributed by atoms with E-state index in [2.05, 4.69) is 15.9 Å². The molecule has 1 aromatic heterocycles. The van der Waals surface area contributed by atoms with E-state index < -0.39 is 0 Å². The van der Waals surface area contributed by atoms with Gasteiger partial charge < -0.3 is 0 Å². The molecule has 0 bridgehead atoms. The van der Waals surface area contributed by atoms with E-state index in [0.29, 0.717) is 0 Å². The molecule has 2 rings (SSSR count). The van der Waals surface area contributed by atoms with Crippen molar-refractivity contribution in [3.05, 3.63) is 56.4 Å². The molecule has 0 saturated carbocycles. The maximum atomic E-state index is 13.1. The summed E-state index contributed by atoms with van der Waals surface area (Å²) in [6.45, 7) is 0. The fraction of sp³-hybridized carbons (Fsp3) is 0.0909. The third-order valence-corrected chi connectivity index (χ3v) is 4.28. The summed E-state index contributed by atoms with van der Waals surface area (Å²) in [6, 6.07) is 8.42. The molecular weight excluding hydrogens is 299 g/mol. The highest BCUT2D eigenvalue weighted by molar-refractivity contribution is 9.10. The van der Waals surface area contributed by atoms with E-state index in [1.807, 2.05) is 17.5 Å². The van der Waals surface area contributed by atoms with Gasteiger partial charge in [0.15, 0.2) is 0 Å². The molecule has 78 valence electrons. The van der Waals surface area contributed by atoms with E-state index >= 15 is 0 Å². The Labute approximate surface area is 105 Å². The van der Waals surface area contributed by atoms with Crippen LogP contribution in [-0.2, 0) is 0 Å². The minimum atomic E-state index is -0.296. The summed E-state index contributed by atoms with van der Waals surface area (Å²) in [4.78, 5) is 1.02. The minimum Gasteiger partial charge on any atom is -0.207 e. The van der Waals surface area contributed by atoms with Crippen LogP contribution >= 0.6 is 38.9 Å². The Balaban J connectivity index is 2.41. The van der Waals surface area contributed by atoms with E-state index in [-0.39, 0.29) is 11.2 Å². The molecule has 1 atom stereocenters. The van der Waals surface area contributed by atoms with Gasteiger partial charge in [0.25, 0.3) is 0 Å². The molecule has 0 radical (unpaired) electrons. The van der Waals surface area contributed by atoms with Crippen LogP contribution in [0.15, 0.2) is 40.2 Å². The van der Waals surface area contributed by atoms with Gasteiger partial charge in [0.2, 0.25) is 0 Å². The molecule has 0 nitrogen and oxygen atoms in total. The summed E-state index contributed by atoms with van der Waals surface area (Å²) in [6.07, 6.45) is 0.